The van der Waals surface area contributed by atoms with Crippen molar-refractivity contribution >= 4 is 17.6 Å². The maximum atomic E-state index is 13.1. The number of aromatic nitrogens is 3. The molecule has 1 aromatic heterocycles. The zero-order valence-electron chi connectivity index (χ0n) is 19.2. The van der Waals surface area contributed by atoms with Gasteiger partial charge in [0.15, 0.2) is 0 Å². The molecule has 3 aromatic carbocycles. The topological polar surface area (TPSA) is 106 Å². The summed E-state index contributed by atoms with van der Waals surface area (Å²) in [6.07, 6.45) is 1.49. The van der Waals surface area contributed by atoms with Gasteiger partial charge in [-0.05, 0) is 53.1 Å². The molecule has 0 saturated carbocycles. The monoisotopic (exact) mass is 468 g/mol. The van der Waals surface area contributed by atoms with Gasteiger partial charge >= 0.3 is 11.7 Å². The second kappa shape index (κ2) is 8.94. The van der Waals surface area contributed by atoms with Crippen molar-refractivity contribution in [3.05, 3.63) is 101 Å². The lowest BCUT2D eigenvalue weighted by atomic mass is 10.0. The number of hydrogen-bond acceptors (Lipinski definition) is 4. The van der Waals surface area contributed by atoms with Gasteiger partial charge in [-0.2, -0.15) is 5.10 Å². The Morgan fingerprint density at radius 2 is 1.69 bits per heavy atom. The van der Waals surface area contributed by atoms with Crippen LogP contribution in [0, 0.1) is 0 Å². The van der Waals surface area contributed by atoms with Gasteiger partial charge in [-0.3, -0.25) is 9.69 Å². The number of anilines is 1. The van der Waals surface area contributed by atoms with Crippen molar-refractivity contribution in [2.24, 2.45) is 12.8 Å². The Hall–Kier alpha value is -4.66. The first-order valence-corrected chi connectivity index (χ1v) is 11.2. The van der Waals surface area contributed by atoms with Crippen LogP contribution in [-0.4, -0.2) is 44.3 Å². The molecule has 1 saturated heterocycles. The normalized spacial score (nSPS) is 13.5. The first kappa shape index (κ1) is 22.1. The van der Waals surface area contributed by atoms with E-state index >= 15 is 0 Å². The number of urea groups is 1. The van der Waals surface area contributed by atoms with Gasteiger partial charge in [-0.15, -0.1) is 0 Å². The Labute approximate surface area is 201 Å². The van der Waals surface area contributed by atoms with Gasteiger partial charge in [0.25, 0.3) is 0 Å². The summed E-state index contributed by atoms with van der Waals surface area (Å²) in [5, 5.41) is 3.99. The lowest BCUT2D eigenvalue weighted by molar-refractivity contribution is 0.1000. The van der Waals surface area contributed by atoms with Crippen LogP contribution in [-0.2, 0) is 13.6 Å². The Morgan fingerprint density at radius 1 is 0.914 bits per heavy atom. The van der Waals surface area contributed by atoms with Gasteiger partial charge in [-0.1, -0.05) is 36.4 Å². The zero-order valence-corrected chi connectivity index (χ0v) is 19.2. The van der Waals surface area contributed by atoms with Crippen molar-refractivity contribution in [2.75, 3.05) is 18.0 Å². The molecule has 0 atom stereocenters. The summed E-state index contributed by atoms with van der Waals surface area (Å²) in [5.74, 6) is -0.487. The van der Waals surface area contributed by atoms with Gasteiger partial charge < -0.3 is 10.6 Å². The van der Waals surface area contributed by atoms with Crippen molar-refractivity contribution in [3.63, 3.8) is 0 Å². The lowest BCUT2D eigenvalue weighted by Crippen LogP contribution is -2.31. The van der Waals surface area contributed by atoms with E-state index in [1.54, 1.807) is 35.0 Å². The second-order valence-electron chi connectivity index (χ2n) is 8.42. The van der Waals surface area contributed by atoms with E-state index in [2.05, 4.69) is 5.10 Å². The van der Waals surface area contributed by atoms with Gasteiger partial charge in [-0.25, -0.2) is 18.8 Å². The van der Waals surface area contributed by atoms with Crippen molar-refractivity contribution in [1.29, 1.82) is 0 Å². The fourth-order valence-electron chi connectivity index (χ4n) is 4.24. The number of carbonyl (C=O) groups excluding carboxylic acids is 2. The van der Waals surface area contributed by atoms with Crippen LogP contribution >= 0.6 is 0 Å². The molecular weight excluding hydrogens is 444 g/mol. The molecule has 0 aliphatic carbocycles. The summed E-state index contributed by atoms with van der Waals surface area (Å²) in [6, 6.07) is 22.4. The van der Waals surface area contributed by atoms with Crippen LogP contribution in [0.3, 0.4) is 0 Å². The highest BCUT2D eigenvalue weighted by Gasteiger charge is 2.29. The number of hydrogen-bond donors (Lipinski definition) is 1. The third-order valence-corrected chi connectivity index (χ3v) is 6.14. The Balaban J connectivity index is 1.33. The van der Waals surface area contributed by atoms with Crippen molar-refractivity contribution in [2.45, 2.75) is 6.54 Å². The molecule has 35 heavy (non-hydrogen) atoms. The number of aryl methyl sites for hydroxylation is 1. The third kappa shape index (κ3) is 4.31. The van der Waals surface area contributed by atoms with E-state index in [9.17, 15) is 14.4 Å². The molecule has 9 heteroatoms. The maximum absolute atomic E-state index is 13.1. The number of nitrogens with two attached hydrogens (primary N) is 1. The first-order chi connectivity index (χ1) is 16.9. The van der Waals surface area contributed by atoms with E-state index in [4.69, 9.17) is 5.73 Å². The van der Waals surface area contributed by atoms with E-state index < -0.39 is 5.91 Å². The fourth-order valence-corrected chi connectivity index (χ4v) is 4.24. The number of primary amides is 1. The molecule has 1 aliphatic rings. The van der Waals surface area contributed by atoms with Crippen LogP contribution in [0.15, 0.2) is 83.9 Å². The Morgan fingerprint density at radius 3 is 2.40 bits per heavy atom. The number of amides is 3. The summed E-state index contributed by atoms with van der Waals surface area (Å²) in [7, 11) is 1.61. The summed E-state index contributed by atoms with van der Waals surface area (Å²) >= 11 is 0. The molecular formula is C26H24N6O3. The van der Waals surface area contributed by atoms with Crippen LogP contribution in [0.2, 0.25) is 0 Å². The largest absolute Gasteiger partial charge is 0.366 e. The van der Waals surface area contributed by atoms with E-state index in [1.165, 1.54) is 15.6 Å². The summed E-state index contributed by atoms with van der Waals surface area (Å²) in [4.78, 5) is 40.2. The van der Waals surface area contributed by atoms with Gasteiger partial charge in [0.1, 0.15) is 6.33 Å². The number of benzene rings is 3. The molecule has 2 heterocycles. The summed E-state index contributed by atoms with van der Waals surface area (Å²) in [5.41, 5.74) is 9.94. The summed E-state index contributed by atoms with van der Waals surface area (Å²) in [6.45, 7) is 1.56. The minimum atomic E-state index is -0.487. The van der Waals surface area contributed by atoms with Gasteiger partial charge in [0.2, 0.25) is 5.91 Å². The van der Waals surface area contributed by atoms with E-state index in [-0.39, 0.29) is 11.7 Å². The van der Waals surface area contributed by atoms with Crippen molar-refractivity contribution in [3.8, 4) is 16.8 Å². The van der Waals surface area contributed by atoms with Gasteiger partial charge in [0, 0.05) is 37.9 Å². The summed E-state index contributed by atoms with van der Waals surface area (Å²) < 4.78 is 2.76. The molecule has 4 aromatic rings. The standard InChI is InChI=1S/C26H24N6O3/c1-29-25(34)32(17-28-29)22-10-8-19(9-11-22)20-5-3-7-23(15-20)31-13-12-30(26(31)35)16-18-4-2-6-21(14-18)24(27)33/h2-11,14-15,17H,12-13,16H2,1H3,(H2,27,33). The van der Waals surface area contributed by atoms with Crippen molar-refractivity contribution < 1.29 is 9.59 Å². The molecule has 0 bridgehead atoms. The SMILES string of the molecule is Cn1ncn(-c2ccc(-c3cccc(N4CCN(Cc5cccc(C(N)=O)c5)C4=O)c3)cc2)c1=O. The third-order valence-electron chi connectivity index (χ3n) is 6.14. The van der Waals surface area contributed by atoms with Crippen molar-refractivity contribution in [1.82, 2.24) is 19.2 Å². The zero-order chi connectivity index (χ0) is 24.5. The number of rotatable bonds is 6. The number of nitrogens with zero attached hydrogens (tertiary/aromatic N) is 5. The van der Waals surface area contributed by atoms with E-state index in [0.29, 0.717) is 25.2 Å². The molecule has 0 unspecified atom stereocenters. The highest BCUT2D eigenvalue weighted by atomic mass is 16.2. The quantitative estimate of drug-likeness (QED) is 0.470. The molecule has 5 rings (SSSR count). The van der Waals surface area contributed by atoms with Crippen LogP contribution < -0.4 is 16.3 Å². The predicted octanol–water partition coefficient (Wildman–Crippen LogP) is 2.78. The Bertz CT molecular complexity index is 1470. The molecule has 0 radical (unpaired) electrons. The molecule has 0 spiro atoms. The van der Waals surface area contributed by atoms with Crippen LogP contribution in [0.25, 0.3) is 16.8 Å². The molecule has 2 N–H and O–H groups in total. The van der Waals surface area contributed by atoms with E-state index in [0.717, 1.165) is 28.1 Å². The predicted molar refractivity (Wildman–Crippen MR) is 132 cm³/mol. The first-order valence-electron chi connectivity index (χ1n) is 11.2. The highest BCUT2D eigenvalue weighted by Crippen LogP contribution is 2.28. The minimum absolute atomic E-state index is 0.0853. The second-order valence-corrected chi connectivity index (χ2v) is 8.42. The highest BCUT2D eigenvalue weighted by molar-refractivity contribution is 5.95. The lowest BCUT2D eigenvalue weighted by Gasteiger charge is -2.19. The minimum Gasteiger partial charge on any atom is -0.366 e. The maximum Gasteiger partial charge on any atom is 0.350 e. The van der Waals surface area contributed by atoms with E-state index in [1.807, 2.05) is 54.6 Å². The van der Waals surface area contributed by atoms with Gasteiger partial charge in [0.05, 0.1) is 5.69 Å². The van der Waals surface area contributed by atoms with Crippen LogP contribution in [0.4, 0.5) is 10.5 Å². The molecule has 176 valence electrons. The fraction of sp³-hybridized carbons (Fsp3) is 0.154. The molecule has 3 amide bonds. The average Bonchev–Trinajstić information content (AvgIpc) is 3.41. The van der Waals surface area contributed by atoms with Crippen LogP contribution in [0.1, 0.15) is 15.9 Å². The smallest absolute Gasteiger partial charge is 0.350 e. The molecule has 1 aliphatic heterocycles. The Kier molecular flexibility index (Phi) is 5.66. The number of carbonyl (C=O) groups is 2. The molecule has 9 nitrogen and oxygen atoms in total. The van der Waals surface area contributed by atoms with Crippen LogP contribution in [0.5, 0.6) is 0 Å². The average molecular weight is 469 g/mol. The molecule has 1 fully saturated rings.